The average Bonchev–Trinajstić information content (AvgIpc) is 2.39. The third kappa shape index (κ3) is 2.33. The lowest BCUT2D eigenvalue weighted by atomic mass is 9.73. The Labute approximate surface area is 103 Å². The van der Waals surface area contributed by atoms with E-state index in [1.54, 1.807) is 0 Å². The predicted octanol–water partition coefficient (Wildman–Crippen LogP) is 2.45. The van der Waals surface area contributed by atoms with Crippen molar-refractivity contribution in [1.82, 2.24) is 0 Å². The highest BCUT2D eigenvalue weighted by molar-refractivity contribution is 5.73. The highest BCUT2D eigenvalue weighted by Gasteiger charge is 2.28. The van der Waals surface area contributed by atoms with Gasteiger partial charge in [-0.3, -0.25) is 0 Å². The van der Waals surface area contributed by atoms with Gasteiger partial charge in [0.15, 0.2) is 0 Å². The minimum atomic E-state index is 0.0436. The molecule has 0 aromatic heterocycles. The normalized spacial score (nSPS) is 23.6. The second-order valence-electron chi connectivity index (χ2n) is 4.88. The molecular weight excluding hydrogens is 208 g/mol. The molecular formula is C15H20N2. The Bertz CT molecular complexity index is 460. The van der Waals surface area contributed by atoms with Gasteiger partial charge in [-0.2, -0.15) is 0 Å². The van der Waals surface area contributed by atoms with Crippen LogP contribution in [0.15, 0.2) is 42.5 Å². The van der Waals surface area contributed by atoms with E-state index >= 15 is 0 Å². The first-order valence-corrected chi connectivity index (χ1v) is 6.06. The Hall–Kier alpha value is -1.38. The van der Waals surface area contributed by atoms with Crippen LogP contribution in [0.4, 0.5) is 0 Å². The Kier molecular flexibility index (Phi) is 3.46. The third-order valence-electron chi connectivity index (χ3n) is 3.54. The van der Waals surface area contributed by atoms with Crippen LogP contribution in [-0.4, -0.2) is 6.54 Å². The van der Waals surface area contributed by atoms with Crippen LogP contribution in [0.1, 0.15) is 24.5 Å². The fraction of sp³-hybridized carbons (Fsp3) is 0.333. The quantitative estimate of drug-likeness (QED) is 0.835. The summed E-state index contributed by atoms with van der Waals surface area (Å²) in [4.78, 5) is 0. The minimum absolute atomic E-state index is 0.0436. The Balaban J connectivity index is 2.43. The fourth-order valence-electron chi connectivity index (χ4n) is 2.31. The topological polar surface area (TPSA) is 52.0 Å². The Morgan fingerprint density at radius 2 is 2.12 bits per heavy atom. The van der Waals surface area contributed by atoms with Gasteiger partial charge >= 0.3 is 0 Å². The molecule has 2 nitrogen and oxygen atoms in total. The van der Waals surface area contributed by atoms with E-state index in [0.29, 0.717) is 13.1 Å². The lowest BCUT2D eigenvalue weighted by Crippen LogP contribution is -2.29. The van der Waals surface area contributed by atoms with Crippen molar-refractivity contribution < 1.29 is 0 Å². The van der Waals surface area contributed by atoms with Crippen LogP contribution >= 0.6 is 0 Å². The number of hydrogen-bond donors (Lipinski definition) is 2. The molecule has 0 radical (unpaired) electrons. The average molecular weight is 228 g/mol. The second kappa shape index (κ2) is 4.86. The van der Waals surface area contributed by atoms with E-state index in [0.717, 1.165) is 12.0 Å². The van der Waals surface area contributed by atoms with E-state index in [9.17, 15) is 0 Å². The summed E-state index contributed by atoms with van der Waals surface area (Å²) in [7, 11) is 0. The molecule has 4 N–H and O–H groups in total. The van der Waals surface area contributed by atoms with E-state index in [1.807, 2.05) is 0 Å². The zero-order chi connectivity index (χ0) is 12.3. The number of rotatable bonds is 3. The highest BCUT2D eigenvalue weighted by Crippen LogP contribution is 2.39. The molecule has 0 saturated carbocycles. The van der Waals surface area contributed by atoms with Gasteiger partial charge in [-0.15, -0.1) is 0 Å². The van der Waals surface area contributed by atoms with Crippen LogP contribution in [0.2, 0.25) is 0 Å². The predicted molar refractivity (Wildman–Crippen MR) is 73.2 cm³/mol. The molecule has 2 rings (SSSR count). The van der Waals surface area contributed by atoms with Crippen LogP contribution < -0.4 is 11.5 Å². The van der Waals surface area contributed by atoms with Crippen molar-refractivity contribution in [2.45, 2.75) is 19.9 Å². The van der Waals surface area contributed by atoms with Crippen LogP contribution in [-0.2, 0) is 6.54 Å². The summed E-state index contributed by atoms with van der Waals surface area (Å²) in [5, 5.41) is 0. The van der Waals surface area contributed by atoms with E-state index in [4.69, 9.17) is 11.5 Å². The summed E-state index contributed by atoms with van der Waals surface area (Å²) in [5.41, 5.74) is 15.4. The maximum absolute atomic E-state index is 5.94. The van der Waals surface area contributed by atoms with Crippen molar-refractivity contribution in [1.29, 1.82) is 0 Å². The molecule has 0 saturated heterocycles. The molecule has 1 aromatic carbocycles. The van der Waals surface area contributed by atoms with Crippen molar-refractivity contribution in [2.75, 3.05) is 6.54 Å². The highest BCUT2D eigenvalue weighted by atomic mass is 14.6. The second-order valence-corrected chi connectivity index (χ2v) is 4.88. The largest absolute Gasteiger partial charge is 0.330 e. The van der Waals surface area contributed by atoms with Crippen molar-refractivity contribution in [2.24, 2.45) is 16.9 Å². The van der Waals surface area contributed by atoms with E-state index in [2.05, 4.69) is 49.4 Å². The summed E-state index contributed by atoms with van der Waals surface area (Å²) in [5.74, 6) is 0. The molecule has 0 amide bonds. The first kappa shape index (κ1) is 12.1. The van der Waals surface area contributed by atoms with Crippen LogP contribution in [0.25, 0.3) is 5.57 Å². The fourth-order valence-corrected chi connectivity index (χ4v) is 2.31. The summed E-state index contributed by atoms with van der Waals surface area (Å²) >= 11 is 0. The molecule has 0 heterocycles. The van der Waals surface area contributed by atoms with Gasteiger partial charge in [0.05, 0.1) is 0 Å². The molecule has 1 aliphatic rings. The number of allylic oxidation sites excluding steroid dienone is 3. The molecule has 0 spiro atoms. The minimum Gasteiger partial charge on any atom is -0.330 e. The van der Waals surface area contributed by atoms with Gasteiger partial charge < -0.3 is 11.5 Å². The Morgan fingerprint density at radius 1 is 1.29 bits per heavy atom. The molecule has 1 atom stereocenters. The first-order valence-electron chi connectivity index (χ1n) is 6.06. The van der Waals surface area contributed by atoms with Crippen molar-refractivity contribution in [3.05, 3.63) is 53.6 Å². The van der Waals surface area contributed by atoms with Crippen LogP contribution in [0.3, 0.4) is 0 Å². The van der Waals surface area contributed by atoms with Gasteiger partial charge in [-0.25, -0.2) is 0 Å². The standard InChI is InChI=1S/C15H20N2/c1-15(11-17)8-3-2-7-14(15)13-6-4-5-12(9-13)10-16/h2-7,9H,8,10-11,16-17H2,1H3. The van der Waals surface area contributed by atoms with Gasteiger partial charge in [-0.05, 0) is 23.1 Å². The molecule has 0 aliphatic heterocycles. The van der Waals surface area contributed by atoms with Gasteiger partial charge in [0.1, 0.15) is 0 Å². The summed E-state index contributed by atoms with van der Waals surface area (Å²) in [6.07, 6.45) is 7.47. The van der Waals surface area contributed by atoms with Gasteiger partial charge in [0.2, 0.25) is 0 Å². The van der Waals surface area contributed by atoms with E-state index in [1.165, 1.54) is 11.1 Å². The zero-order valence-corrected chi connectivity index (χ0v) is 10.3. The van der Waals surface area contributed by atoms with Crippen molar-refractivity contribution in [3.8, 4) is 0 Å². The monoisotopic (exact) mass is 228 g/mol. The first-order chi connectivity index (χ1) is 8.19. The van der Waals surface area contributed by atoms with Crippen molar-refractivity contribution >= 4 is 5.57 Å². The molecule has 1 aliphatic carbocycles. The SMILES string of the molecule is CC1(CN)CC=CC=C1c1cccc(CN)c1. The number of nitrogens with two attached hydrogens (primary N) is 2. The maximum atomic E-state index is 5.94. The van der Waals surface area contributed by atoms with Crippen LogP contribution in [0, 0.1) is 5.41 Å². The third-order valence-corrected chi connectivity index (χ3v) is 3.54. The zero-order valence-electron chi connectivity index (χ0n) is 10.3. The molecule has 0 fully saturated rings. The molecule has 0 bridgehead atoms. The smallest absolute Gasteiger partial charge is 0.0178 e. The molecule has 1 unspecified atom stereocenters. The lowest BCUT2D eigenvalue weighted by molar-refractivity contribution is 0.463. The van der Waals surface area contributed by atoms with Crippen molar-refractivity contribution in [3.63, 3.8) is 0 Å². The molecule has 90 valence electrons. The maximum Gasteiger partial charge on any atom is 0.0178 e. The number of benzene rings is 1. The van der Waals surface area contributed by atoms with Gasteiger partial charge in [-0.1, -0.05) is 49.4 Å². The molecule has 1 aromatic rings. The van der Waals surface area contributed by atoms with E-state index < -0.39 is 0 Å². The summed E-state index contributed by atoms with van der Waals surface area (Å²) in [6, 6.07) is 8.42. The van der Waals surface area contributed by atoms with E-state index in [-0.39, 0.29) is 5.41 Å². The van der Waals surface area contributed by atoms with Crippen LogP contribution in [0.5, 0.6) is 0 Å². The summed E-state index contributed by atoms with van der Waals surface area (Å²) in [6.45, 7) is 3.46. The lowest BCUT2D eigenvalue weighted by Gasteiger charge is -2.32. The molecule has 17 heavy (non-hydrogen) atoms. The molecule has 2 heteroatoms. The Morgan fingerprint density at radius 3 is 2.82 bits per heavy atom. The van der Waals surface area contributed by atoms with Gasteiger partial charge in [0, 0.05) is 18.5 Å². The number of hydrogen-bond acceptors (Lipinski definition) is 2. The summed E-state index contributed by atoms with van der Waals surface area (Å²) < 4.78 is 0. The van der Waals surface area contributed by atoms with Gasteiger partial charge in [0.25, 0.3) is 0 Å².